The number of fused-ring (bicyclic) bond motifs is 4. The predicted molar refractivity (Wildman–Crippen MR) is 225 cm³/mol. The second kappa shape index (κ2) is 15.0. The number of anilines is 1. The molecule has 11 nitrogen and oxygen atoms in total. The highest BCUT2D eigenvalue weighted by Crippen LogP contribution is 2.35. The first kappa shape index (κ1) is 37.1. The number of benzene rings is 6. The van der Waals surface area contributed by atoms with Gasteiger partial charge in [0.05, 0.1) is 32.9 Å². The van der Waals surface area contributed by atoms with Crippen LogP contribution in [0.5, 0.6) is 11.5 Å². The SMILES string of the molecule is CC(=O)Nc1ccc(C=Cc2ccc(N=C=S)cc2S(=O)(=O)Oc2cccc3nc4ccccc4cc23)c(S(=O)(=O)Oc2cccc3nc4ccccc4cc23)c1. The molecule has 8 aromatic rings. The van der Waals surface area contributed by atoms with E-state index >= 15 is 0 Å². The summed E-state index contributed by atoms with van der Waals surface area (Å²) in [6, 6.07) is 36.9. The van der Waals surface area contributed by atoms with Gasteiger partial charge in [-0.2, -0.15) is 21.8 Å². The Morgan fingerprint density at radius 1 is 0.632 bits per heavy atom. The van der Waals surface area contributed by atoms with Crippen molar-refractivity contribution in [3.63, 3.8) is 0 Å². The third-order valence-corrected chi connectivity index (χ3v) is 11.6. The normalized spacial score (nSPS) is 11.9. The Morgan fingerprint density at radius 2 is 1.12 bits per heavy atom. The summed E-state index contributed by atoms with van der Waals surface area (Å²) in [5, 5.41) is 7.39. The minimum absolute atomic E-state index is 0.0439. The molecule has 1 amide bonds. The van der Waals surface area contributed by atoms with Crippen LogP contribution in [0, 0.1) is 0 Å². The van der Waals surface area contributed by atoms with Crippen LogP contribution in [0.2, 0.25) is 0 Å². The van der Waals surface area contributed by atoms with E-state index in [2.05, 4.69) is 25.4 Å². The molecular weight excluding hydrogens is 781 g/mol. The highest BCUT2D eigenvalue weighted by Gasteiger charge is 2.25. The number of para-hydroxylation sites is 2. The van der Waals surface area contributed by atoms with Gasteiger partial charge >= 0.3 is 20.2 Å². The second-order valence-corrected chi connectivity index (χ2v) is 16.0. The molecular formula is C43H28N4O7S3. The van der Waals surface area contributed by atoms with E-state index in [0.29, 0.717) is 21.8 Å². The lowest BCUT2D eigenvalue weighted by Crippen LogP contribution is -2.13. The first-order chi connectivity index (χ1) is 27.5. The van der Waals surface area contributed by atoms with E-state index in [9.17, 15) is 21.6 Å². The maximum absolute atomic E-state index is 14.2. The van der Waals surface area contributed by atoms with Gasteiger partial charge in [-0.3, -0.25) is 4.79 Å². The molecule has 280 valence electrons. The van der Waals surface area contributed by atoms with E-state index in [1.165, 1.54) is 67.6 Å². The standard InChI is InChI=1S/C43H28N4O7S3/c1-27(48)45-33-21-19-29(43(25-33)57(51,52)54-41-15-7-13-39-35(41)23-31-9-3-5-11-37(31)47-39)17-16-28-18-20-32(44-26-55)24-42(28)56(49,50)53-40-14-6-12-38-34(40)22-30-8-2-4-10-36(30)46-38/h2-25H,1H3,(H,45,48). The molecule has 0 aliphatic rings. The van der Waals surface area contributed by atoms with E-state index in [1.807, 2.05) is 54.6 Å². The van der Waals surface area contributed by atoms with Gasteiger partial charge < -0.3 is 13.7 Å². The molecule has 0 atom stereocenters. The Hall–Kier alpha value is -6.83. The van der Waals surface area contributed by atoms with Crippen molar-refractivity contribution >= 4 is 111 Å². The Labute approximate surface area is 332 Å². The number of carbonyl (C=O) groups excluding carboxylic acids is 1. The van der Waals surface area contributed by atoms with Crippen molar-refractivity contribution in [3.8, 4) is 11.5 Å². The number of hydrogen-bond donors (Lipinski definition) is 1. The number of aromatic nitrogens is 2. The number of nitrogens with zero attached hydrogens (tertiary/aromatic N) is 3. The van der Waals surface area contributed by atoms with Crippen molar-refractivity contribution in [2.45, 2.75) is 16.7 Å². The molecule has 14 heteroatoms. The molecule has 0 saturated heterocycles. The van der Waals surface area contributed by atoms with Crippen molar-refractivity contribution in [2.24, 2.45) is 4.99 Å². The van der Waals surface area contributed by atoms with Crippen LogP contribution >= 0.6 is 12.2 Å². The van der Waals surface area contributed by atoms with Crippen LogP contribution < -0.4 is 13.7 Å². The van der Waals surface area contributed by atoms with Crippen LogP contribution in [-0.2, 0) is 25.0 Å². The maximum Gasteiger partial charge on any atom is 0.339 e. The van der Waals surface area contributed by atoms with Gasteiger partial charge in [0.15, 0.2) is 11.5 Å². The number of rotatable bonds is 10. The van der Waals surface area contributed by atoms with E-state index in [0.717, 1.165) is 21.8 Å². The Kier molecular flexibility index (Phi) is 9.78. The summed E-state index contributed by atoms with van der Waals surface area (Å²) in [6.45, 7) is 1.30. The zero-order valence-corrected chi connectivity index (χ0v) is 32.2. The van der Waals surface area contributed by atoms with E-state index < -0.39 is 26.1 Å². The van der Waals surface area contributed by atoms with Crippen LogP contribution in [0.3, 0.4) is 0 Å². The molecule has 0 fully saturated rings. The molecule has 8 rings (SSSR count). The van der Waals surface area contributed by atoms with Crippen molar-refractivity contribution < 1.29 is 30.0 Å². The van der Waals surface area contributed by atoms with Gasteiger partial charge in [0, 0.05) is 34.2 Å². The molecule has 0 aliphatic heterocycles. The van der Waals surface area contributed by atoms with Gasteiger partial charge in [-0.1, -0.05) is 72.8 Å². The summed E-state index contributed by atoms with van der Waals surface area (Å²) in [7, 11) is -9.16. The number of isothiocyanates is 1. The number of thiocarbonyl (C=S) groups is 1. The van der Waals surface area contributed by atoms with Gasteiger partial charge in [0.2, 0.25) is 5.91 Å². The quantitative estimate of drug-likeness (QED) is 0.0465. The third kappa shape index (κ3) is 7.70. The summed E-state index contributed by atoms with van der Waals surface area (Å²) in [5.41, 5.74) is 3.20. The molecule has 0 aliphatic carbocycles. The average Bonchev–Trinajstić information content (AvgIpc) is 3.19. The third-order valence-electron chi connectivity index (χ3n) is 8.93. The smallest absolute Gasteiger partial charge is 0.339 e. The first-order valence-electron chi connectivity index (χ1n) is 17.3. The lowest BCUT2D eigenvalue weighted by molar-refractivity contribution is -0.114. The second-order valence-electron chi connectivity index (χ2n) is 12.8. The number of pyridine rings is 2. The fourth-order valence-electron chi connectivity index (χ4n) is 6.36. The summed E-state index contributed by atoms with van der Waals surface area (Å²) in [4.78, 5) is 24.7. The summed E-state index contributed by atoms with van der Waals surface area (Å²) in [5.74, 6) is -0.318. The lowest BCUT2D eigenvalue weighted by Gasteiger charge is -2.14. The maximum atomic E-state index is 14.2. The molecule has 2 aromatic heterocycles. The fourth-order valence-corrected chi connectivity index (χ4v) is 8.80. The fraction of sp³-hybridized carbons (Fsp3) is 0.0233. The van der Waals surface area contributed by atoms with Gasteiger partial charge in [-0.05, 0) is 96.1 Å². The lowest BCUT2D eigenvalue weighted by atomic mass is 10.1. The molecule has 1 N–H and O–H groups in total. The molecule has 2 heterocycles. The summed E-state index contributed by atoms with van der Waals surface area (Å²) in [6.07, 6.45) is 2.86. The van der Waals surface area contributed by atoms with Crippen molar-refractivity contribution in [2.75, 3.05) is 5.32 Å². The van der Waals surface area contributed by atoms with Crippen LogP contribution in [0.1, 0.15) is 18.1 Å². The van der Waals surface area contributed by atoms with Gasteiger partial charge in [0.25, 0.3) is 0 Å². The van der Waals surface area contributed by atoms with Crippen molar-refractivity contribution in [1.82, 2.24) is 9.97 Å². The molecule has 0 unspecified atom stereocenters. The van der Waals surface area contributed by atoms with Crippen LogP contribution in [-0.4, -0.2) is 37.9 Å². The topological polar surface area (TPSA) is 154 Å². The molecule has 57 heavy (non-hydrogen) atoms. The summed E-state index contributed by atoms with van der Waals surface area (Å²) >= 11 is 4.78. The molecule has 6 aromatic carbocycles. The first-order valence-corrected chi connectivity index (χ1v) is 20.5. The van der Waals surface area contributed by atoms with Crippen molar-refractivity contribution in [3.05, 3.63) is 145 Å². The molecule has 0 radical (unpaired) electrons. The number of aliphatic imine (C=N–C) groups is 1. The number of nitrogens with one attached hydrogen (secondary N) is 1. The Balaban J connectivity index is 1.20. The predicted octanol–water partition coefficient (Wildman–Crippen LogP) is 9.49. The highest BCUT2D eigenvalue weighted by atomic mass is 32.2. The van der Waals surface area contributed by atoms with Gasteiger partial charge in [0.1, 0.15) is 9.79 Å². The minimum atomic E-state index is -4.60. The van der Waals surface area contributed by atoms with E-state index in [4.69, 9.17) is 20.6 Å². The monoisotopic (exact) mass is 808 g/mol. The molecule has 0 bridgehead atoms. The van der Waals surface area contributed by atoms with Crippen molar-refractivity contribution in [1.29, 1.82) is 0 Å². The van der Waals surface area contributed by atoms with Crippen LogP contribution in [0.25, 0.3) is 55.8 Å². The van der Waals surface area contributed by atoms with Gasteiger partial charge in [-0.25, -0.2) is 9.97 Å². The average molecular weight is 809 g/mol. The zero-order valence-electron chi connectivity index (χ0n) is 29.8. The number of carbonyl (C=O) groups is 1. The Morgan fingerprint density at radius 3 is 1.65 bits per heavy atom. The number of amides is 1. The Bertz CT molecular complexity index is 3250. The highest BCUT2D eigenvalue weighted by molar-refractivity contribution is 7.87. The number of hydrogen-bond acceptors (Lipinski definition) is 11. The van der Waals surface area contributed by atoms with Crippen LogP contribution in [0.15, 0.2) is 148 Å². The summed E-state index contributed by atoms with van der Waals surface area (Å²) < 4.78 is 68.2. The van der Waals surface area contributed by atoms with E-state index in [1.54, 1.807) is 30.3 Å². The largest absolute Gasteiger partial charge is 0.378 e. The molecule has 0 saturated carbocycles. The van der Waals surface area contributed by atoms with E-state index in [-0.39, 0.29) is 43.8 Å². The van der Waals surface area contributed by atoms with Crippen LogP contribution in [0.4, 0.5) is 11.4 Å². The molecule has 0 spiro atoms. The minimum Gasteiger partial charge on any atom is -0.378 e. The van der Waals surface area contributed by atoms with Gasteiger partial charge in [-0.15, -0.1) is 0 Å². The zero-order chi connectivity index (χ0) is 39.7.